The Bertz CT molecular complexity index is 399. The maximum atomic E-state index is 5.42. The van der Waals surface area contributed by atoms with E-state index >= 15 is 0 Å². The van der Waals surface area contributed by atoms with Crippen LogP contribution in [0, 0.1) is 18.8 Å². The first kappa shape index (κ1) is 14.1. The zero-order chi connectivity index (χ0) is 13.7. The number of nitrogen functional groups attached to an aromatic ring is 1. The number of nitrogens with zero attached hydrogens (tertiary/aromatic N) is 2. The van der Waals surface area contributed by atoms with E-state index in [2.05, 4.69) is 27.6 Å². The van der Waals surface area contributed by atoms with Gasteiger partial charge in [0.1, 0.15) is 18.0 Å². The molecule has 0 spiro atoms. The molecule has 0 bridgehead atoms. The van der Waals surface area contributed by atoms with Crippen LogP contribution in [0.4, 0.5) is 11.6 Å². The van der Waals surface area contributed by atoms with Crippen molar-refractivity contribution < 1.29 is 0 Å². The summed E-state index contributed by atoms with van der Waals surface area (Å²) >= 11 is 0. The van der Waals surface area contributed by atoms with Crippen LogP contribution in [-0.4, -0.2) is 16.5 Å². The molecule has 5 nitrogen and oxygen atoms in total. The monoisotopic (exact) mass is 263 g/mol. The molecule has 106 valence electrons. The lowest BCUT2D eigenvalue weighted by Crippen LogP contribution is -2.22. The van der Waals surface area contributed by atoms with E-state index in [1.165, 1.54) is 32.1 Å². The van der Waals surface area contributed by atoms with Crippen LogP contribution in [0.3, 0.4) is 0 Å². The van der Waals surface area contributed by atoms with Crippen LogP contribution in [0.5, 0.6) is 0 Å². The molecule has 0 radical (unpaired) electrons. The predicted molar refractivity (Wildman–Crippen MR) is 78.8 cm³/mol. The maximum Gasteiger partial charge on any atom is 0.148 e. The first-order chi connectivity index (χ1) is 9.24. The highest BCUT2D eigenvalue weighted by molar-refractivity contribution is 5.55. The van der Waals surface area contributed by atoms with Gasteiger partial charge in [-0.15, -0.1) is 0 Å². The van der Waals surface area contributed by atoms with Crippen LogP contribution < -0.4 is 16.6 Å². The SMILES string of the molecule is CCC1CCC(CNc2ncnc(NN)c2C)CC1. The Morgan fingerprint density at radius 3 is 2.42 bits per heavy atom. The van der Waals surface area contributed by atoms with E-state index in [0.29, 0.717) is 5.82 Å². The Morgan fingerprint density at radius 1 is 1.16 bits per heavy atom. The first-order valence-corrected chi connectivity index (χ1v) is 7.26. The van der Waals surface area contributed by atoms with Crippen molar-refractivity contribution in [2.24, 2.45) is 17.7 Å². The van der Waals surface area contributed by atoms with Crippen LogP contribution in [0.1, 0.15) is 44.6 Å². The summed E-state index contributed by atoms with van der Waals surface area (Å²) in [7, 11) is 0. The van der Waals surface area contributed by atoms with Crippen molar-refractivity contribution in [3.8, 4) is 0 Å². The summed E-state index contributed by atoms with van der Waals surface area (Å²) < 4.78 is 0. The summed E-state index contributed by atoms with van der Waals surface area (Å²) in [5.41, 5.74) is 3.57. The lowest BCUT2D eigenvalue weighted by Gasteiger charge is -2.28. The van der Waals surface area contributed by atoms with Crippen molar-refractivity contribution in [2.45, 2.75) is 46.0 Å². The molecular formula is C14H25N5. The highest BCUT2D eigenvalue weighted by Crippen LogP contribution is 2.30. The van der Waals surface area contributed by atoms with Gasteiger partial charge in [0.05, 0.1) is 0 Å². The topological polar surface area (TPSA) is 75.9 Å². The van der Waals surface area contributed by atoms with Crippen LogP contribution >= 0.6 is 0 Å². The first-order valence-electron chi connectivity index (χ1n) is 7.26. The summed E-state index contributed by atoms with van der Waals surface area (Å²) in [5.74, 6) is 8.72. The van der Waals surface area contributed by atoms with Crippen molar-refractivity contribution in [2.75, 3.05) is 17.3 Å². The Morgan fingerprint density at radius 2 is 1.79 bits per heavy atom. The van der Waals surface area contributed by atoms with Crippen LogP contribution in [0.2, 0.25) is 0 Å². The fourth-order valence-corrected chi connectivity index (χ4v) is 2.86. The molecule has 0 atom stereocenters. The van der Waals surface area contributed by atoms with Crippen molar-refractivity contribution >= 4 is 11.6 Å². The van der Waals surface area contributed by atoms with Gasteiger partial charge in [0, 0.05) is 12.1 Å². The lowest BCUT2D eigenvalue weighted by molar-refractivity contribution is 0.278. The van der Waals surface area contributed by atoms with Gasteiger partial charge in [0.25, 0.3) is 0 Å². The predicted octanol–water partition coefficient (Wildman–Crippen LogP) is 2.70. The Labute approximate surface area is 115 Å². The summed E-state index contributed by atoms with van der Waals surface area (Å²) in [6.07, 6.45) is 8.28. The molecule has 4 N–H and O–H groups in total. The third kappa shape index (κ3) is 3.56. The second-order valence-electron chi connectivity index (χ2n) is 5.52. The highest BCUT2D eigenvalue weighted by Gasteiger charge is 2.20. The van der Waals surface area contributed by atoms with Gasteiger partial charge in [-0.25, -0.2) is 15.8 Å². The smallest absolute Gasteiger partial charge is 0.148 e. The molecular weight excluding hydrogens is 238 g/mol. The average Bonchev–Trinajstić information content (AvgIpc) is 2.47. The van der Waals surface area contributed by atoms with Crippen molar-refractivity contribution in [1.29, 1.82) is 0 Å². The van der Waals surface area contributed by atoms with Gasteiger partial charge < -0.3 is 10.7 Å². The summed E-state index contributed by atoms with van der Waals surface area (Å²) in [4.78, 5) is 8.37. The van der Waals surface area contributed by atoms with E-state index in [4.69, 9.17) is 5.84 Å². The quantitative estimate of drug-likeness (QED) is 0.562. The van der Waals surface area contributed by atoms with E-state index in [1.54, 1.807) is 6.33 Å². The number of anilines is 2. The highest BCUT2D eigenvalue weighted by atomic mass is 15.3. The zero-order valence-electron chi connectivity index (χ0n) is 11.9. The fourth-order valence-electron chi connectivity index (χ4n) is 2.86. The Balaban J connectivity index is 1.86. The molecule has 5 heteroatoms. The molecule has 0 aromatic carbocycles. The van der Waals surface area contributed by atoms with E-state index in [-0.39, 0.29) is 0 Å². The Kier molecular flexibility index (Phi) is 4.96. The third-order valence-electron chi connectivity index (χ3n) is 4.32. The van der Waals surface area contributed by atoms with Crippen molar-refractivity contribution in [3.63, 3.8) is 0 Å². The zero-order valence-corrected chi connectivity index (χ0v) is 11.9. The van der Waals surface area contributed by atoms with E-state index in [1.807, 2.05) is 6.92 Å². The number of hydrazine groups is 1. The number of hydrogen-bond acceptors (Lipinski definition) is 5. The average molecular weight is 263 g/mol. The minimum absolute atomic E-state index is 0.687. The number of hydrogen-bond donors (Lipinski definition) is 3. The van der Waals surface area contributed by atoms with Crippen molar-refractivity contribution in [3.05, 3.63) is 11.9 Å². The van der Waals surface area contributed by atoms with Gasteiger partial charge >= 0.3 is 0 Å². The van der Waals surface area contributed by atoms with Gasteiger partial charge in [-0.05, 0) is 31.6 Å². The molecule has 0 amide bonds. The molecule has 1 saturated carbocycles. The van der Waals surface area contributed by atoms with Gasteiger partial charge in [0.2, 0.25) is 0 Å². The third-order valence-corrected chi connectivity index (χ3v) is 4.32. The lowest BCUT2D eigenvalue weighted by atomic mass is 9.81. The molecule has 1 aliphatic carbocycles. The Hall–Kier alpha value is -1.36. The molecule has 2 rings (SSSR count). The van der Waals surface area contributed by atoms with Gasteiger partial charge in [-0.2, -0.15) is 0 Å². The molecule has 1 aromatic rings. The summed E-state index contributed by atoms with van der Waals surface area (Å²) in [6.45, 7) is 5.28. The number of aromatic nitrogens is 2. The molecule has 0 saturated heterocycles. The molecule has 19 heavy (non-hydrogen) atoms. The molecule has 0 aliphatic heterocycles. The van der Waals surface area contributed by atoms with Crippen LogP contribution in [-0.2, 0) is 0 Å². The largest absolute Gasteiger partial charge is 0.369 e. The molecule has 0 unspecified atom stereocenters. The van der Waals surface area contributed by atoms with Crippen LogP contribution in [0.15, 0.2) is 6.33 Å². The normalized spacial score (nSPS) is 23.1. The molecule has 1 heterocycles. The van der Waals surface area contributed by atoms with Crippen LogP contribution in [0.25, 0.3) is 0 Å². The maximum absolute atomic E-state index is 5.42. The summed E-state index contributed by atoms with van der Waals surface area (Å²) in [5, 5.41) is 3.44. The summed E-state index contributed by atoms with van der Waals surface area (Å²) in [6, 6.07) is 0. The van der Waals surface area contributed by atoms with Gasteiger partial charge in [0.15, 0.2) is 0 Å². The fraction of sp³-hybridized carbons (Fsp3) is 0.714. The number of nitrogens with two attached hydrogens (primary N) is 1. The minimum Gasteiger partial charge on any atom is -0.369 e. The molecule has 1 aliphatic rings. The van der Waals surface area contributed by atoms with E-state index in [9.17, 15) is 0 Å². The second-order valence-corrected chi connectivity index (χ2v) is 5.52. The number of nitrogens with one attached hydrogen (secondary N) is 2. The van der Waals surface area contributed by atoms with Gasteiger partial charge in [-0.1, -0.05) is 26.2 Å². The molecule has 1 fully saturated rings. The standard InChI is InChI=1S/C14H25N5/c1-3-11-4-6-12(7-5-11)8-16-13-10(2)14(19-15)18-9-17-13/h9,11-12H,3-8,15H2,1-2H3,(H2,16,17,18,19). The van der Waals surface area contributed by atoms with E-state index < -0.39 is 0 Å². The van der Waals surface area contributed by atoms with E-state index in [0.717, 1.165) is 29.8 Å². The van der Waals surface area contributed by atoms with Gasteiger partial charge in [-0.3, -0.25) is 0 Å². The minimum atomic E-state index is 0.687. The molecule has 1 aromatic heterocycles. The number of rotatable bonds is 5. The second kappa shape index (κ2) is 6.70. The van der Waals surface area contributed by atoms with Crippen molar-refractivity contribution in [1.82, 2.24) is 9.97 Å².